The minimum atomic E-state index is -0.433. The summed E-state index contributed by atoms with van der Waals surface area (Å²) in [4.78, 5) is 13.7. The highest BCUT2D eigenvalue weighted by Gasteiger charge is 2.14. The molecule has 0 atom stereocenters. The van der Waals surface area contributed by atoms with Crippen molar-refractivity contribution >= 4 is 49.1 Å². The molecular formula is C13H10Br2FNOS. The Bertz CT molecular complexity index is 614. The van der Waals surface area contributed by atoms with Crippen molar-refractivity contribution in [2.75, 3.05) is 7.05 Å². The molecule has 0 unspecified atom stereocenters. The van der Waals surface area contributed by atoms with Crippen LogP contribution in [-0.2, 0) is 6.54 Å². The van der Waals surface area contributed by atoms with Crippen LogP contribution >= 0.6 is 43.2 Å². The molecule has 0 saturated heterocycles. The normalized spacial score (nSPS) is 10.5. The van der Waals surface area contributed by atoms with Crippen LogP contribution in [0.5, 0.6) is 0 Å². The number of halogens is 3. The average Bonchev–Trinajstić information content (AvgIpc) is 2.77. The second kappa shape index (κ2) is 6.15. The predicted octanol–water partition coefficient (Wildman–Crippen LogP) is 4.68. The second-order valence-electron chi connectivity index (χ2n) is 4.05. The van der Waals surface area contributed by atoms with Gasteiger partial charge in [-0.25, -0.2) is 4.39 Å². The van der Waals surface area contributed by atoms with Gasteiger partial charge >= 0.3 is 0 Å². The van der Waals surface area contributed by atoms with Crippen molar-refractivity contribution in [3.63, 3.8) is 0 Å². The summed E-state index contributed by atoms with van der Waals surface area (Å²) in [6.07, 6.45) is 0. The molecule has 1 aromatic heterocycles. The number of benzene rings is 1. The minimum absolute atomic E-state index is 0.200. The fourth-order valence-corrected chi connectivity index (χ4v) is 3.07. The average molecular weight is 407 g/mol. The van der Waals surface area contributed by atoms with Crippen LogP contribution in [0, 0.1) is 5.82 Å². The van der Waals surface area contributed by atoms with Gasteiger partial charge in [-0.15, -0.1) is 11.3 Å². The van der Waals surface area contributed by atoms with Gasteiger partial charge in [-0.2, -0.15) is 0 Å². The standard InChI is InChI=1S/C13H10Br2FNOS/c1-17(6-8-4-12(15)19-7-8)13(18)9-2-3-10(14)11(16)5-9/h2-5,7H,6H2,1H3. The Morgan fingerprint density at radius 3 is 2.68 bits per heavy atom. The first kappa shape index (κ1) is 14.7. The van der Waals surface area contributed by atoms with Crippen molar-refractivity contribution in [1.29, 1.82) is 0 Å². The fourth-order valence-electron chi connectivity index (χ4n) is 1.62. The van der Waals surface area contributed by atoms with Gasteiger partial charge in [0.2, 0.25) is 0 Å². The maximum absolute atomic E-state index is 13.4. The molecule has 0 radical (unpaired) electrons. The number of hydrogen-bond acceptors (Lipinski definition) is 2. The Morgan fingerprint density at radius 1 is 1.37 bits per heavy atom. The Hall–Kier alpha value is -0.720. The van der Waals surface area contributed by atoms with Gasteiger partial charge in [0.05, 0.1) is 8.26 Å². The fraction of sp³-hybridized carbons (Fsp3) is 0.154. The number of carbonyl (C=O) groups excluding carboxylic acids is 1. The molecule has 6 heteroatoms. The summed E-state index contributed by atoms with van der Waals surface area (Å²) in [5.41, 5.74) is 1.39. The number of hydrogen-bond donors (Lipinski definition) is 0. The van der Waals surface area contributed by atoms with Gasteiger partial charge in [0.1, 0.15) is 5.82 Å². The van der Waals surface area contributed by atoms with Crippen LogP contribution in [0.3, 0.4) is 0 Å². The Labute approximate surface area is 131 Å². The minimum Gasteiger partial charge on any atom is -0.337 e. The van der Waals surface area contributed by atoms with E-state index in [2.05, 4.69) is 31.9 Å². The highest BCUT2D eigenvalue weighted by atomic mass is 79.9. The lowest BCUT2D eigenvalue weighted by Crippen LogP contribution is -2.26. The number of nitrogens with zero attached hydrogens (tertiary/aromatic N) is 1. The highest BCUT2D eigenvalue weighted by molar-refractivity contribution is 9.11. The van der Waals surface area contributed by atoms with Gasteiger partial charge in [-0.05, 0) is 67.1 Å². The lowest BCUT2D eigenvalue weighted by Gasteiger charge is -2.16. The van der Waals surface area contributed by atoms with E-state index in [1.54, 1.807) is 29.4 Å². The molecule has 0 fully saturated rings. The SMILES string of the molecule is CN(Cc1csc(Br)c1)C(=O)c1ccc(Br)c(F)c1. The zero-order valence-corrected chi connectivity index (χ0v) is 14.0. The van der Waals surface area contributed by atoms with Crippen LogP contribution in [0.25, 0.3) is 0 Å². The summed E-state index contributed by atoms with van der Waals surface area (Å²) < 4.78 is 14.8. The number of rotatable bonds is 3. The largest absolute Gasteiger partial charge is 0.337 e. The molecule has 0 saturated carbocycles. The number of carbonyl (C=O) groups is 1. The summed E-state index contributed by atoms with van der Waals surface area (Å²) in [6, 6.07) is 6.36. The maximum atomic E-state index is 13.4. The van der Waals surface area contributed by atoms with Crippen molar-refractivity contribution in [2.24, 2.45) is 0 Å². The topological polar surface area (TPSA) is 20.3 Å². The zero-order chi connectivity index (χ0) is 14.0. The van der Waals surface area contributed by atoms with Gasteiger partial charge in [0, 0.05) is 19.2 Å². The van der Waals surface area contributed by atoms with Crippen molar-refractivity contribution in [2.45, 2.75) is 6.54 Å². The van der Waals surface area contributed by atoms with E-state index in [0.29, 0.717) is 16.6 Å². The molecule has 0 N–H and O–H groups in total. The van der Waals surface area contributed by atoms with Crippen LogP contribution in [0.4, 0.5) is 4.39 Å². The Balaban J connectivity index is 2.12. The summed E-state index contributed by atoms with van der Waals surface area (Å²) in [5.74, 6) is -0.633. The van der Waals surface area contributed by atoms with Crippen molar-refractivity contribution in [1.82, 2.24) is 4.90 Å². The maximum Gasteiger partial charge on any atom is 0.254 e. The molecule has 2 nitrogen and oxygen atoms in total. The predicted molar refractivity (Wildman–Crippen MR) is 81.9 cm³/mol. The molecule has 1 heterocycles. The molecule has 2 rings (SSSR count). The molecule has 0 spiro atoms. The van der Waals surface area contributed by atoms with Crippen molar-refractivity contribution < 1.29 is 9.18 Å². The summed E-state index contributed by atoms with van der Waals surface area (Å²) >= 11 is 8.02. The van der Waals surface area contributed by atoms with Crippen LogP contribution < -0.4 is 0 Å². The van der Waals surface area contributed by atoms with Gasteiger partial charge in [-0.1, -0.05) is 0 Å². The molecule has 2 aromatic rings. The van der Waals surface area contributed by atoms with E-state index >= 15 is 0 Å². The number of thiophene rings is 1. The van der Waals surface area contributed by atoms with Gasteiger partial charge in [-0.3, -0.25) is 4.79 Å². The first-order valence-electron chi connectivity index (χ1n) is 5.41. The highest BCUT2D eigenvalue weighted by Crippen LogP contribution is 2.22. The lowest BCUT2D eigenvalue weighted by atomic mass is 10.2. The first-order valence-corrected chi connectivity index (χ1v) is 7.87. The quantitative estimate of drug-likeness (QED) is 0.724. The van der Waals surface area contributed by atoms with E-state index in [1.165, 1.54) is 12.1 Å². The Morgan fingerprint density at radius 2 is 2.11 bits per heavy atom. The van der Waals surface area contributed by atoms with Crippen LogP contribution in [0.2, 0.25) is 0 Å². The van der Waals surface area contributed by atoms with E-state index in [0.717, 1.165) is 9.35 Å². The summed E-state index contributed by atoms with van der Waals surface area (Å²) in [7, 11) is 1.70. The molecule has 0 aliphatic heterocycles. The third-order valence-electron chi connectivity index (χ3n) is 2.55. The first-order chi connectivity index (χ1) is 8.97. The third kappa shape index (κ3) is 3.64. The van der Waals surface area contributed by atoms with E-state index in [9.17, 15) is 9.18 Å². The van der Waals surface area contributed by atoms with Gasteiger partial charge < -0.3 is 4.90 Å². The van der Waals surface area contributed by atoms with E-state index in [4.69, 9.17) is 0 Å². The molecule has 1 aromatic carbocycles. The lowest BCUT2D eigenvalue weighted by molar-refractivity contribution is 0.0784. The molecule has 0 aliphatic rings. The monoisotopic (exact) mass is 405 g/mol. The smallest absolute Gasteiger partial charge is 0.254 e. The number of amides is 1. The molecule has 1 amide bonds. The third-order valence-corrected chi connectivity index (χ3v) is 4.75. The van der Waals surface area contributed by atoms with E-state index < -0.39 is 5.82 Å². The second-order valence-corrected chi connectivity index (χ2v) is 7.19. The molecule has 0 aliphatic carbocycles. The van der Waals surface area contributed by atoms with Crippen LogP contribution in [-0.4, -0.2) is 17.9 Å². The van der Waals surface area contributed by atoms with Gasteiger partial charge in [0.15, 0.2) is 0 Å². The van der Waals surface area contributed by atoms with Crippen LogP contribution in [0.15, 0.2) is 37.9 Å². The summed E-state index contributed by atoms with van der Waals surface area (Å²) in [6.45, 7) is 0.499. The molecule has 100 valence electrons. The summed E-state index contributed by atoms with van der Waals surface area (Å²) in [5, 5.41) is 1.98. The molecule has 0 bridgehead atoms. The van der Waals surface area contributed by atoms with Crippen molar-refractivity contribution in [3.05, 3.63) is 54.8 Å². The van der Waals surface area contributed by atoms with Gasteiger partial charge in [0.25, 0.3) is 5.91 Å². The van der Waals surface area contributed by atoms with Crippen molar-refractivity contribution in [3.8, 4) is 0 Å². The van der Waals surface area contributed by atoms with Crippen LogP contribution in [0.1, 0.15) is 15.9 Å². The van der Waals surface area contributed by atoms with E-state index in [1.807, 2.05) is 11.4 Å². The molecule has 19 heavy (non-hydrogen) atoms. The zero-order valence-electron chi connectivity index (χ0n) is 9.99. The Kier molecular flexibility index (Phi) is 4.76. The molecular weight excluding hydrogens is 397 g/mol. The van der Waals surface area contributed by atoms with E-state index in [-0.39, 0.29) is 5.91 Å².